The fourth-order valence-electron chi connectivity index (χ4n) is 1.13. The second-order valence-electron chi connectivity index (χ2n) is 3.59. The molecule has 2 N–H and O–H groups in total. The van der Waals surface area contributed by atoms with Gasteiger partial charge in [0, 0.05) is 12.1 Å². The third kappa shape index (κ3) is 2.79. The van der Waals surface area contributed by atoms with Gasteiger partial charge in [-0.1, -0.05) is 13.8 Å². The first-order valence-corrected chi connectivity index (χ1v) is 4.81. The molecule has 1 rings (SSSR count). The van der Waals surface area contributed by atoms with Crippen LogP contribution in [0.1, 0.15) is 25.6 Å². The van der Waals surface area contributed by atoms with Crippen molar-refractivity contribution in [2.75, 3.05) is 14.2 Å². The maximum absolute atomic E-state index is 5.98. The number of rotatable bonds is 4. The number of hydrogen-bond acceptors (Lipinski definition) is 5. The van der Waals surface area contributed by atoms with E-state index in [9.17, 15) is 0 Å². The van der Waals surface area contributed by atoms with E-state index in [-0.39, 0.29) is 12.1 Å². The minimum atomic E-state index is -0.143. The molecule has 0 saturated carbocycles. The molecule has 0 aliphatic heterocycles. The first kappa shape index (κ1) is 11.7. The normalized spacial score (nSPS) is 12.7. The van der Waals surface area contributed by atoms with Gasteiger partial charge in [0.15, 0.2) is 0 Å². The smallest absolute Gasteiger partial charge is 0.319 e. The van der Waals surface area contributed by atoms with Crippen LogP contribution in [-0.2, 0) is 0 Å². The van der Waals surface area contributed by atoms with Gasteiger partial charge in [0.05, 0.1) is 19.9 Å². The molecule has 0 amide bonds. The zero-order valence-corrected chi connectivity index (χ0v) is 9.52. The van der Waals surface area contributed by atoms with Crippen molar-refractivity contribution in [3.05, 3.63) is 11.8 Å². The first-order valence-electron chi connectivity index (χ1n) is 4.81. The van der Waals surface area contributed by atoms with Crippen molar-refractivity contribution in [1.29, 1.82) is 0 Å². The van der Waals surface area contributed by atoms with Crippen LogP contribution in [0, 0.1) is 5.92 Å². The summed E-state index contributed by atoms with van der Waals surface area (Å²) in [5.41, 5.74) is 6.71. The average molecular weight is 211 g/mol. The van der Waals surface area contributed by atoms with E-state index >= 15 is 0 Å². The largest absolute Gasteiger partial charge is 0.481 e. The maximum atomic E-state index is 5.98. The van der Waals surface area contributed by atoms with Crippen LogP contribution in [0.25, 0.3) is 0 Å². The lowest BCUT2D eigenvalue weighted by atomic mass is 10.0. The highest BCUT2D eigenvalue weighted by Crippen LogP contribution is 2.22. The second kappa shape index (κ2) is 4.93. The molecule has 0 fully saturated rings. The van der Waals surface area contributed by atoms with Crippen molar-refractivity contribution in [3.63, 3.8) is 0 Å². The van der Waals surface area contributed by atoms with E-state index in [4.69, 9.17) is 15.2 Å². The zero-order valence-electron chi connectivity index (χ0n) is 9.52. The molecule has 0 radical (unpaired) electrons. The fraction of sp³-hybridized carbons (Fsp3) is 0.600. The Morgan fingerprint density at radius 1 is 1.20 bits per heavy atom. The van der Waals surface area contributed by atoms with Crippen LogP contribution < -0.4 is 15.2 Å². The summed E-state index contributed by atoms with van der Waals surface area (Å²) >= 11 is 0. The molecule has 1 heterocycles. The van der Waals surface area contributed by atoms with Crippen LogP contribution in [0.3, 0.4) is 0 Å². The van der Waals surface area contributed by atoms with Crippen molar-refractivity contribution in [3.8, 4) is 11.9 Å². The standard InChI is InChI=1S/C10H17N3O2/c1-6(2)9(11)7-5-8(14-3)13-10(12-7)15-4/h5-6,9H,11H2,1-4H3/t9-/m0/s1. The molecule has 0 aliphatic rings. The summed E-state index contributed by atoms with van der Waals surface area (Å²) in [5.74, 6) is 0.766. The summed E-state index contributed by atoms with van der Waals surface area (Å²) in [4.78, 5) is 8.18. The number of methoxy groups -OCH3 is 2. The summed E-state index contributed by atoms with van der Waals surface area (Å²) in [7, 11) is 3.06. The Kier molecular flexibility index (Phi) is 3.85. The Hall–Kier alpha value is -1.36. The van der Waals surface area contributed by atoms with E-state index < -0.39 is 0 Å². The SMILES string of the molecule is COc1cc([C@@H](N)C(C)C)nc(OC)n1. The summed E-state index contributed by atoms with van der Waals surface area (Å²) in [6, 6.07) is 1.86. The van der Waals surface area contributed by atoms with Gasteiger partial charge in [0.25, 0.3) is 0 Å². The molecule has 0 saturated heterocycles. The molecular weight excluding hydrogens is 194 g/mol. The van der Waals surface area contributed by atoms with Gasteiger partial charge >= 0.3 is 6.01 Å². The van der Waals surface area contributed by atoms with Crippen LogP contribution in [0.2, 0.25) is 0 Å². The zero-order chi connectivity index (χ0) is 11.4. The van der Waals surface area contributed by atoms with Crippen LogP contribution >= 0.6 is 0 Å². The predicted octanol–water partition coefficient (Wildman–Crippen LogP) is 1.15. The summed E-state index contributed by atoms with van der Waals surface area (Å²) in [6.07, 6.45) is 0. The molecule has 84 valence electrons. The highest BCUT2D eigenvalue weighted by molar-refractivity contribution is 5.21. The lowest BCUT2D eigenvalue weighted by Crippen LogP contribution is -2.18. The van der Waals surface area contributed by atoms with Gasteiger partial charge in [-0.2, -0.15) is 9.97 Å². The molecule has 0 unspecified atom stereocenters. The lowest BCUT2D eigenvalue weighted by Gasteiger charge is -2.15. The highest BCUT2D eigenvalue weighted by Gasteiger charge is 2.15. The van der Waals surface area contributed by atoms with E-state index in [2.05, 4.69) is 9.97 Å². The quantitative estimate of drug-likeness (QED) is 0.809. The molecule has 0 aliphatic carbocycles. The third-order valence-corrected chi connectivity index (χ3v) is 2.15. The van der Waals surface area contributed by atoms with Crippen LogP contribution in [0.15, 0.2) is 6.07 Å². The minimum absolute atomic E-state index is 0.143. The molecule has 5 nitrogen and oxygen atoms in total. The third-order valence-electron chi connectivity index (χ3n) is 2.15. The second-order valence-corrected chi connectivity index (χ2v) is 3.59. The van der Waals surface area contributed by atoms with Crippen molar-refractivity contribution >= 4 is 0 Å². The van der Waals surface area contributed by atoms with Gasteiger partial charge in [-0.05, 0) is 5.92 Å². The number of ether oxygens (including phenoxy) is 2. The summed E-state index contributed by atoms with van der Waals surface area (Å²) < 4.78 is 10.0. The molecule has 5 heteroatoms. The van der Waals surface area contributed by atoms with Crippen molar-refractivity contribution in [2.45, 2.75) is 19.9 Å². The highest BCUT2D eigenvalue weighted by atomic mass is 16.5. The summed E-state index contributed by atoms with van der Waals surface area (Å²) in [5, 5.41) is 0. The Morgan fingerprint density at radius 3 is 2.33 bits per heavy atom. The van der Waals surface area contributed by atoms with Gasteiger partial charge in [-0.15, -0.1) is 0 Å². The molecule has 1 aromatic rings. The van der Waals surface area contributed by atoms with Crippen molar-refractivity contribution < 1.29 is 9.47 Å². The summed E-state index contributed by atoms with van der Waals surface area (Å²) in [6.45, 7) is 4.07. The Bertz CT molecular complexity index is 306. The van der Waals surface area contributed by atoms with Gasteiger partial charge in [0.2, 0.25) is 5.88 Å². The maximum Gasteiger partial charge on any atom is 0.319 e. The van der Waals surface area contributed by atoms with E-state index in [1.54, 1.807) is 13.2 Å². The Labute approximate surface area is 89.6 Å². The van der Waals surface area contributed by atoms with E-state index in [1.807, 2.05) is 13.8 Å². The van der Waals surface area contributed by atoms with Crippen LogP contribution in [-0.4, -0.2) is 24.2 Å². The average Bonchev–Trinajstić information content (AvgIpc) is 2.27. The van der Waals surface area contributed by atoms with Gasteiger partial charge < -0.3 is 15.2 Å². The van der Waals surface area contributed by atoms with Crippen LogP contribution in [0.4, 0.5) is 0 Å². The van der Waals surface area contributed by atoms with E-state index in [0.717, 1.165) is 5.69 Å². The first-order chi connectivity index (χ1) is 7.08. The van der Waals surface area contributed by atoms with E-state index in [1.165, 1.54) is 7.11 Å². The molecule has 0 spiro atoms. The van der Waals surface area contributed by atoms with Gasteiger partial charge in [-0.3, -0.25) is 0 Å². The predicted molar refractivity (Wildman–Crippen MR) is 56.9 cm³/mol. The minimum Gasteiger partial charge on any atom is -0.481 e. The van der Waals surface area contributed by atoms with Crippen LogP contribution in [0.5, 0.6) is 11.9 Å². The molecule has 0 bridgehead atoms. The molecule has 1 aromatic heterocycles. The Morgan fingerprint density at radius 2 is 1.87 bits per heavy atom. The Balaban J connectivity index is 3.06. The molecule has 0 aromatic carbocycles. The molecular formula is C10H17N3O2. The lowest BCUT2D eigenvalue weighted by molar-refractivity contribution is 0.346. The molecule has 1 atom stereocenters. The van der Waals surface area contributed by atoms with Gasteiger partial charge in [-0.25, -0.2) is 0 Å². The van der Waals surface area contributed by atoms with E-state index in [0.29, 0.717) is 11.8 Å². The number of nitrogens with zero attached hydrogens (tertiary/aromatic N) is 2. The number of aromatic nitrogens is 2. The topological polar surface area (TPSA) is 70.3 Å². The molecule has 15 heavy (non-hydrogen) atoms. The van der Waals surface area contributed by atoms with Crippen molar-refractivity contribution in [1.82, 2.24) is 9.97 Å². The monoisotopic (exact) mass is 211 g/mol. The number of hydrogen-bond donors (Lipinski definition) is 1. The number of nitrogens with two attached hydrogens (primary N) is 1. The van der Waals surface area contributed by atoms with Crippen molar-refractivity contribution in [2.24, 2.45) is 11.7 Å². The van der Waals surface area contributed by atoms with Gasteiger partial charge in [0.1, 0.15) is 0 Å². The fourth-order valence-corrected chi connectivity index (χ4v) is 1.13.